The predicted molar refractivity (Wildman–Crippen MR) is 86.2 cm³/mol. The molecule has 0 radical (unpaired) electrons. The van der Waals surface area contributed by atoms with Gasteiger partial charge in [-0.05, 0) is 20.8 Å². The van der Waals surface area contributed by atoms with Gasteiger partial charge in [0.1, 0.15) is 12.1 Å². The molecule has 9 heteroatoms. The molecular formula is C14H21N9. The summed E-state index contributed by atoms with van der Waals surface area (Å²) in [5, 5.41) is 19.6. The Morgan fingerprint density at radius 1 is 1.30 bits per heavy atom. The lowest BCUT2D eigenvalue weighted by molar-refractivity contribution is 0.366. The normalized spacial score (nSPS) is 13.4. The van der Waals surface area contributed by atoms with Crippen molar-refractivity contribution in [3.63, 3.8) is 0 Å². The summed E-state index contributed by atoms with van der Waals surface area (Å²) in [6.45, 7) is 9.07. The number of aromatic nitrogens is 8. The summed E-state index contributed by atoms with van der Waals surface area (Å²) in [5.41, 5.74) is 0.700. The molecule has 0 saturated heterocycles. The van der Waals surface area contributed by atoms with Gasteiger partial charge in [-0.3, -0.25) is 0 Å². The summed E-state index contributed by atoms with van der Waals surface area (Å²) in [6.07, 6.45) is 3.41. The summed E-state index contributed by atoms with van der Waals surface area (Å²) >= 11 is 0. The molecule has 0 bridgehead atoms. The van der Waals surface area contributed by atoms with Crippen molar-refractivity contribution in [3.8, 4) is 0 Å². The minimum absolute atomic E-state index is 0.126. The van der Waals surface area contributed by atoms with Crippen LogP contribution in [0.5, 0.6) is 0 Å². The minimum Gasteiger partial charge on any atom is -0.358 e. The third kappa shape index (κ3) is 2.86. The molecule has 3 aromatic rings. The van der Waals surface area contributed by atoms with Crippen LogP contribution in [-0.4, -0.2) is 54.0 Å². The molecule has 3 rings (SSSR count). The number of hydrogen-bond donors (Lipinski definition) is 1. The molecule has 1 N–H and O–H groups in total. The molecule has 0 aromatic carbocycles. The minimum atomic E-state index is -0.135. The van der Waals surface area contributed by atoms with Gasteiger partial charge in [-0.25, -0.2) is 14.6 Å². The second-order valence-corrected chi connectivity index (χ2v) is 6.71. The second-order valence-electron chi connectivity index (χ2n) is 6.71. The van der Waals surface area contributed by atoms with Gasteiger partial charge >= 0.3 is 0 Å². The van der Waals surface area contributed by atoms with Crippen molar-refractivity contribution < 1.29 is 0 Å². The third-order valence-corrected chi connectivity index (χ3v) is 3.69. The van der Waals surface area contributed by atoms with Gasteiger partial charge < -0.3 is 4.90 Å². The van der Waals surface area contributed by atoms with E-state index in [2.05, 4.69) is 68.3 Å². The van der Waals surface area contributed by atoms with Crippen LogP contribution in [0.15, 0.2) is 12.5 Å². The Bertz CT molecular complexity index is 784. The summed E-state index contributed by atoms with van der Waals surface area (Å²) in [5.74, 6) is 1.66. The number of nitrogens with zero attached hydrogens (tertiary/aromatic N) is 8. The zero-order valence-electron chi connectivity index (χ0n) is 14.0. The molecule has 0 aliphatic carbocycles. The number of hydrogen-bond acceptors (Lipinski definition) is 7. The Morgan fingerprint density at radius 3 is 2.74 bits per heavy atom. The highest BCUT2D eigenvalue weighted by Gasteiger charge is 2.21. The molecule has 1 atom stereocenters. The van der Waals surface area contributed by atoms with Crippen LogP contribution >= 0.6 is 0 Å². The van der Waals surface area contributed by atoms with E-state index in [0.717, 1.165) is 16.9 Å². The number of rotatable bonds is 4. The van der Waals surface area contributed by atoms with E-state index in [1.54, 1.807) is 6.33 Å². The number of likely N-dealkylation sites (N-methyl/N-ethyl adjacent to an activating group) is 1. The van der Waals surface area contributed by atoms with Crippen LogP contribution in [-0.2, 0) is 5.54 Å². The zero-order chi connectivity index (χ0) is 16.6. The fourth-order valence-electron chi connectivity index (χ4n) is 2.58. The average Bonchev–Trinajstić information content (AvgIpc) is 3.15. The molecular weight excluding hydrogens is 294 g/mol. The number of aromatic amines is 1. The maximum Gasteiger partial charge on any atom is 0.179 e. The lowest BCUT2D eigenvalue weighted by Crippen LogP contribution is -2.25. The fraction of sp³-hybridized carbons (Fsp3) is 0.571. The number of H-pyrrole nitrogens is 1. The van der Waals surface area contributed by atoms with Gasteiger partial charge in [0.2, 0.25) is 0 Å². The maximum atomic E-state index is 4.49. The number of fused-ring (bicyclic) bond motifs is 1. The standard InChI is InChI=1S/C14H21N9/c1-9(11-18-20-21-19-11)7-22(5)12-10-6-17-23(14(2,3)4)13(10)16-8-15-12/h6,8-9H,7H2,1-5H3,(H,18,19,20,21)/t9-/m1/s1. The van der Waals surface area contributed by atoms with Crippen LogP contribution in [0.2, 0.25) is 0 Å². The molecule has 0 aliphatic heterocycles. The Labute approximate surface area is 134 Å². The van der Waals surface area contributed by atoms with Gasteiger partial charge in [0.25, 0.3) is 0 Å². The van der Waals surface area contributed by atoms with Crippen LogP contribution in [0.25, 0.3) is 11.0 Å². The highest BCUT2D eigenvalue weighted by atomic mass is 15.5. The highest BCUT2D eigenvalue weighted by Crippen LogP contribution is 2.26. The van der Waals surface area contributed by atoms with E-state index >= 15 is 0 Å². The van der Waals surface area contributed by atoms with E-state index in [0.29, 0.717) is 12.4 Å². The molecule has 122 valence electrons. The quantitative estimate of drug-likeness (QED) is 0.775. The van der Waals surface area contributed by atoms with Gasteiger partial charge in [-0.1, -0.05) is 12.1 Å². The highest BCUT2D eigenvalue weighted by molar-refractivity contribution is 5.86. The third-order valence-electron chi connectivity index (χ3n) is 3.69. The fourth-order valence-corrected chi connectivity index (χ4v) is 2.58. The Balaban J connectivity index is 1.92. The molecule has 3 heterocycles. The van der Waals surface area contributed by atoms with E-state index in [-0.39, 0.29) is 11.5 Å². The van der Waals surface area contributed by atoms with Crippen molar-refractivity contribution in [1.82, 2.24) is 40.4 Å². The maximum absolute atomic E-state index is 4.49. The Kier molecular flexibility index (Phi) is 3.70. The van der Waals surface area contributed by atoms with Crippen molar-refractivity contribution in [1.29, 1.82) is 0 Å². The molecule has 3 aromatic heterocycles. The van der Waals surface area contributed by atoms with Crippen LogP contribution in [0.3, 0.4) is 0 Å². The summed E-state index contributed by atoms with van der Waals surface area (Å²) in [6, 6.07) is 0. The molecule has 0 unspecified atom stereocenters. The summed E-state index contributed by atoms with van der Waals surface area (Å²) in [4.78, 5) is 10.9. The first-order valence-electron chi connectivity index (χ1n) is 7.51. The SMILES string of the molecule is C[C@H](CN(C)c1ncnc2c1cnn2C(C)(C)C)c1nn[nH]n1. The van der Waals surface area contributed by atoms with Crippen molar-refractivity contribution in [2.45, 2.75) is 39.2 Å². The van der Waals surface area contributed by atoms with Crippen molar-refractivity contribution in [2.24, 2.45) is 0 Å². The van der Waals surface area contributed by atoms with Crippen molar-refractivity contribution >= 4 is 16.9 Å². The molecule has 0 spiro atoms. The molecule has 0 saturated carbocycles. The average molecular weight is 315 g/mol. The monoisotopic (exact) mass is 315 g/mol. The second kappa shape index (κ2) is 5.56. The van der Waals surface area contributed by atoms with E-state index in [1.165, 1.54) is 0 Å². The number of nitrogens with one attached hydrogen (secondary N) is 1. The largest absolute Gasteiger partial charge is 0.358 e. The van der Waals surface area contributed by atoms with E-state index in [1.807, 2.05) is 17.9 Å². The molecule has 0 amide bonds. The Hall–Kier alpha value is -2.58. The zero-order valence-corrected chi connectivity index (χ0v) is 14.0. The molecule has 9 nitrogen and oxygen atoms in total. The van der Waals surface area contributed by atoms with E-state index < -0.39 is 0 Å². The molecule has 0 aliphatic rings. The van der Waals surface area contributed by atoms with Gasteiger partial charge in [-0.15, -0.1) is 10.2 Å². The van der Waals surface area contributed by atoms with Crippen LogP contribution in [0.1, 0.15) is 39.4 Å². The lowest BCUT2D eigenvalue weighted by Gasteiger charge is -2.22. The summed E-state index contributed by atoms with van der Waals surface area (Å²) in [7, 11) is 1.99. The Morgan fingerprint density at radius 2 is 2.09 bits per heavy atom. The summed E-state index contributed by atoms with van der Waals surface area (Å²) < 4.78 is 1.92. The van der Waals surface area contributed by atoms with Crippen LogP contribution in [0, 0.1) is 0 Å². The molecule has 23 heavy (non-hydrogen) atoms. The van der Waals surface area contributed by atoms with Gasteiger partial charge in [0.05, 0.1) is 17.1 Å². The van der Waals surface area contributed by atoms with E-state index in [4.69, 9.17) is 0 Å². The smallest absolute Gasteiger partial charge is 0.179 e. The van der Waals surface area contributed by atoms with Crippen molar-refractivity contribution in [2.75, 3.05) is 18.5 Å². The van der Waals surface area contributed by atoms with Crippen molar-refractivity contribution in [3.05, 3.63) is 18.3 Å². The first-order valence-corrected chi connectivity index (χ1v) is 7.51. The van der Waals surface area contributed by atoms with Crippen LogP contribution < -0.4 is 4.90 Å². The van der Waals surface area contributed by atoms with Gasteiger partial charge in [0, 0.05) is 19.5 Å². The number of tetrazole rings is 1. The number of anilines is 1. The van der Waals surface area contributed by atoms with Gasteiger partial charge in [0.15, 0.2) is 11.5 Å². The molecule has 0 fully saturated rings. The topological polar surface area (TPSA) is 101 Å². The predicted octanol–water partition coefficient (Wildman–Crippen LogP) is 1.33. The van der Waals surface area contributed by atoms with Crippen LogP contribution in [0.4, 0.5) is 5.82 Å². The van der Waals surface area contributed by atoms with Gasteiger partial charge in [-0.2, -0.15) is 10.3 Å². The first-order chi connectivity index (χ1) is 10.9. The van der Waals surface area contributed by atoms with E-state index in [9.17, 15) is 0 Å². The first kappa shape index (κ1) is 15.3. The lowest BCUT2D eigenvalue weighted by atomic mass is 10.1.